The number of amides is 1. The maximum Gasteiger partial charge on any atom is 0.277 e. The number of halogens is 1. The molecule has 3 aromatic rings. The molecule has 1 atom stereocenters. The molecular formula is C18H16ClN3O2S. The maximum absolute atomic E-state index is 12.3. The molecule has 0 fully saturated rings. The topological polar surface area (TPSA) is 68.0 Å². The maximum atomic E-state index is 12.3. The van der Waals surface area contributed by atoms with E-state index in [-0.39, 0.29) is 11.2 Å². The summed E-state index contributed by atoms with van der Waals surface area (Å²) < 4.78 is 5.65. The molecule has 1 N–H and O–H groups in total. The fourth-order valence-corrected chi connectivity index (χ4v) is 2.94. The lowest BCUT2D eigenvalue weighted by Gasteiger charge is -2.09. The van der Waals surface area contributed by atoms with Crippen LogP contribution in [0.15, 0.2) is 58.2 Å². The zero-order valence-corrected chi connectivity index (χ0v) is 15.3. The third-order valence-electron chi connectivity index (χ3n) is 3.43. The van der Waals surface area contributed by atoms with E-state index in [0.717, 1.165) is 11.1 Å². The van der Waals surface area contributed by atoms with E-state index in [9.17, 15) is 4.79 Å². The Bertz CT molecular complexity index is 880. The molecule has 7 heteroatoms. The first-order valence-corrected chi connectivity index (χ1v) is 8.90. The van der Waals surface area contributed by atoms with E-state index in [0.29, 0.717) is 21.8 Å². The minimum absolute atomic E-state index is 0.150. The average molecular weight is 374 g/mol. The molecule has 1 aromatic heterocycles. The predicted octanol–water partition coefficient (Wildman–Crippen LogP) is 4.82. The number of nitrogens with zero attached hydrogens (tertiary/aromatic N) is 2. The minimum Gasteiger partial charge on any atom is -0.411 e. The molecule has 0 spiro atoms. The Morgan fingerprint density at radius 2 is 1.96 bits per heavy atom. The molecular weight excluding hydrogens is 358 g/mol. The summed E-state index contributed by atoms with van der Waals surface area (Å²) in [5, 5.41) is 11.5. The smallest absolute Gasteiger partial charge is 0.277 e. The van der Waals surface area contributed by atoms with Crippen molar-refractivity contribution in [2.24, 2.45) is 0 Å². The molecule has 1 amide bonds. The van der Waals surface area contributed by atoms with Gasteiger partial charge in [0.15, 0.2) is 0 Å². The van der Waals surface area contributed by atoms with E-state index in [1.165, 1.54) is 11.8 Å². The number of carbonyl (C=O) groups is 1. The first kappa shape index (κ1) is 17.5. The van der Waals surface area contributed by atoms with Crippen molar-refractivity contribution in [1.82, 2.24) is 10.2 Å². The molecule has 0 aliphatic heterocycles. The van der Waals surface area contributed by atoms with Gasteiger partial charge in [-0.1, -0.05) is 41.1 Å². The summed E-state index contributed by atoms with van der Waals surface area (Å²) in [4.78, 5) is 12.3. The lowest BCUT2D eigenvalue weighted by atomic mass is 10.1. The quantitative estimate of drug-likeness (QED) is 0.649. The van der Waals surface area contributed by atoms with Crippen molar-refractivity contribution < 1.29 is 9.21 Å². The number of benzene rings is 2. The molecule has 25 heavy (non-hydrogen) atoms. The molecule has 128 valence electrons. The van der Waals surface area contributed by atoms with Crippen molar-refractivity contribution in [2.75, 3.05) is 5.32 Å². The summed E-state index contributed by atoms with van der Waals surface area (Å²) >= 11 is 7.05. The summed E-state index contributed by atoms with van der Waals surface area (Å²) in [5.41, 5.74) is 2.66. The van der Waals surface area contributed by atoms with Crippen LogP contribution >= 0.6 is 23.4 Å². The van der Waals surface area contributed by atoms with Crippen molar-refractivity contribution in [3.8, 4) is 11.5 Å². The van der Waals surface area contributed by atoms with Gasteiger partial charge in [-0.15, -0.1) is 10.2 Å². The largest absolute Gasteiger partial charge is 0.411 e. The third-order valence-corrected chi connectivity index (χ3v) is 4.62. The molecule has 0 aliphatic carbocycles. The third kappa shape index (κ3) is 4.61. The Labute approximate surface area is 154 Å². The van der Waals surface area contributed by atoms with Gasteiger partial charge in [0.25, 0.3) is 5.22 Å². The van der Waals surface area contributed by atoms with E-state index < -0.39 is 0 Å². The van der Waals surface area contributed by atoms with Crippen LogP contribution in [0.3, 0.4) is 0 Å². The highest BCUT2D eigenvalue weighted by atomic mass is 35.5. The molecule has 5 nitrogen and oxygen atoms in total. The van der Waals surface area contributed by atoms with Crippen LogP contribution in [0.25, 0.3) is 11.5 Å². The van der Waals surface area contributed by atoms with E-state index in [4.69, 9.17) is 16.0 Å². The number of carbonyl (C=O) groups excluding carboxylic acids is 1. The van der Waals surface area contributed by atoms with E-state index in [1.54, 1.807) is 31.2 Å². The van der Waals surface area contributed by atoms with Crippen LogP contribution in [0, 0.1) is 6.92 Å². The van der Waals surface area contributed by atoms with Crippen molar-refractivity contribution in [3.05, 3.63) is 59.1 Å². The van der Waals surface area contributed by atoms with Gasteiger partial charge >= 0.3 is 0 Å². The van der Waals surface area contributed by atoms with E-state index in [2.05, 4.69) is 15.5 Å². The Balaban J connectivity index is 1.64. The number of aryl methyl sites for hydroxylation is 1. The number of aromatic nitrogens is 2. The van der Waals surface area contributed by atoms with Gasteiger partial charge in [0.05, 0.1) is 5.25 Å². The summed E-state index contributed by atoms with van der Waals surface area (Å²) in [6.07, 6.45) is 0. The van der Waals surface area contributed by atoms with E-state index >= 15 is 0 Å². The van der Waals surface area contributed by atoms with Gasteiger partial charge in [-0.05, 0) is 50.2 Å². The normalized spacial score (nSPS) is 12.0. The van der Waals surface area contributed by atoms with Crippen molar-refractivity contribution in [2.45, 2.75) is 24.3 Å². The molecule has 0 unspecified atom stereocenters. The molecule has 0 bridgehead atoms. The lowest BCUT2D eigenvalue weighted by molar-refractivity contribution is -0.115. The van der Waals surface area contributed by atoms with Crippen LogP contribution in [-0.4, -0.2) is 21.4 Å². The van der Waals surface area contributed by atoms with Gasteiger partial charge in [-0.25, -0.2) is 0 Å². The van der Waals surface area contributed by atoms with Gasteiger partial charge in [-0.3, -0.25) is 4.79 Å². The predicted molar refractivity (Wildman–Crippen MR) is 99.9 cm³/mol. The van der Waals surface area contributed by atoms with Crippen LogP contribution in [0.1, 0.15) is 12.5 Å². The number of rotatable bonds is 5. The molecule has 0 aliphatic rings. The van der Waals surface area contributed by atoms with E-state index in [1.807, 2.05) is 31.2 Å². The summed E-state index contributed by atoms with van der Waals surface area (Å²) in [6, 6.07) is 14.8. The monoisotopic (exact) mass is 373 g/mol. The molecule has 0 radical (unpaired) electrons. The van der Waals surface area contributed by atoms with Gasteiger partial charge < -0.3 is 9.73 Å². The van der Waals surface area contributed by atoms with Crippen molar-refractivity contribution in [1.29, 1.82) is 0 Å². The van der Waals surface area contributed by atoms with Crippen molar-refractivity contribution >= 4 is 35.0 Å². The summed E-state index contributed by atoms with van der Waals surface area (Å²) in [7, 11) is 0. The Morgan fingerprint density at radius 3 is 2.68 bits per heavy atom. The number of hydrogen-bond acceptors (Lipinski definition) is 5. The molecule has 2 aromatic carbocycles. The first-order chi connectivity index (χ1) is 12.0. The molecule has 3 rings (SSSR count). The number of anilines is 1. The number of hydrogen-bond donors (Lipinski definition) is 1. The molecule has 0 saturated heterocycles. The van der Waals surface area contributed by atoms with Crippen LogP contribution in [0.2, 0.25) is 5.02 Å². The molecule has 0 saturated carbocycles. The van der Waals surface area contributed by atoms with Crippen molar-refractivity contribution in [3.63, 3.8) is 0 Å². The van der Waals surface area contributed by atoms with Crippen LogP contribution < -0.4 is 5.32 Å². The van der Waals surface area contributed by atoms with Gasteiger partial charge in [0.1, 0.15) is 0 Å². The Kier molecular flexibility index (Phi) is 5.40. The zero-order valence-electron chi connectivity index (χ0n) is 13.7. The first-order valence-electron chi connectivity index (χ1n) is 7.65. The zero-order chi connectivity index (χ0) is 17.8. The second-order valence-corrected chi connectivity index (χ2v) is 7.23. The Hall–Kier alpha value is -2.31. The van der Waals surface area contributed by atoms with Gasteiger partial charge in [0.2, 0.25) is 11.8 Å². The standard InChI is InChI=1S/C18H16ClN3O2S/c1-11-4-3-5-13(10-11)17-21-22-18(24-17)25-12(2)16(23)20-15-8-6-14(19)7-9-15/h3-10,12H,1-2H3,(H,20,23)/t12-/m0/s1. The second kappa shape index (κ2) is 7.72. The number of thioether (sulfide) groups is 1. The highest BCUT2D eigenvalue weighted by Gasteiger charge is 2.19. The average Bonchev–Trinajstić information content (AvgIpc) is 3.05. The lowest BCUT2D eigenvalue weighted by Crippen LogP contribution is -2.22. The van der Waals surface area contributed by atoms with Gasteiger partial charge in [-0.2, -0.15) is 0 Å². The van der Waals surface area contributed by atoms with Crippen LogP contribution in [-0.2, 0) is 4.79 Å². The second-order valence-electron chi connectivity index (χ2n) is 5.50. The Morgan fingerprint density at radius 1 is 1.20 bits per heavy atom. The highest BCUT2D eigenvalue weighted by Crippen LogP contribution is 2.27. The van der Waals surface area contributed by atoms with Crippen LogP contribution in [0.5, 0.6) is 0 Å². The molecule has 1 heterocycles. The SMILES string of the molecule is Cc1cccc(-c2nnc(S[C@@H](C)C(=O)Nc3ccc(Cl)cc3)o2)c1. The van der Waals surface area contributed by atoms with Crippen LogP contribution in [0.4, 0.5) is 5.69 Å². The summed E-state index contributed by atoms with van der Waals surface area (Å²) in [6.45, 7) is 3.78. The minimum atomic E-state index is -0.388. The fraction of sp³-hybridized carbons (Fsp3) is 0.167. The fourth-order valence-electron chi connectivity index (χ4n) is 2.13. The highest BCUT2D eigenvalue weighted by molar-refractivity contribution is 8.00. The summed E-state index contributed by atoms with van der Waals surface area (Å²) in [5.74, 6) is 0.291. The van der Waals surface area contributed by atoms with Gasteiger partial charge in [0, 0.05) is 16.3 Å². The number of nitrogens with one attached hydrogen (secondary N) is 1.